The van der Waals surface area contributed by atoms with Crippen LogP contribution in [0.2, 0.25) is 0 Å². The number of carbonyl (C=O) groups is 1. The van der Waals surface area contributed by atoms with Gasteiger partial charge in [0.15, 0.2) is 0 Å². The maximum atomic E-state index is 13.6. The van der Waals surface area contributed by atoms with E-state index in [0.717, 1.165) is 35.6 Å². The number of methoxy groups -OCH3 is 1. The maximum absolute atomic E-state index is 13.6. The number of sulfonamides is 1. The van der Waals surface area contributed by atoms with Crippen molar-refractivity contribution in [3.63, 3.8) is 0 Å². The maximum Gasteiger partial charge on any atom is 0.268 e. The van der Waals surface area contributed by atoms with Crippen molar-refractivity contribution in [2.75, 3.05) is 24.5 Å². The van der Waals surface area contributed by atoms with Crippen LogP contribution in [0, 0.1) is 12.7 Å². The van der Waals surface area contributed by atoms with E-state index in [9.17, 15) is 17.6 Å². The third-order valence-corrected chi connectivity index (χ3v) is 7.24. The van der Waals surface area contributed by atoms with Crippen LogP contribution in [-0.2, 0) is 14.8 Å². The van der Waals surface area contributed by atoms with E-state index >= 15 is 0 Å². The fourth-order valence-electron chi connectivity index (χ4n) is 3.71. The lowest BCUT2D eigenvalue weighted by atomic mass is 9.97. The molecule has 1 aliphatic rings. The van der Waals surface area contributed by atoms with Gasteiger partial charge in [0.2, 0.25) is 5.91 Å². The first-order chi connectivity index (χ1) is 15.3. The highest BCUT2D eigenvalue weighted by Gasteiger charge is 2.30. The molecule has 1 amide bonds. The molecule has 0 unspecified atom stereocenters. The molecular weight excluding hydrogens is 431 g/mol. The number of anilines is 1. The number of carbonyl (C=O) groups excluding carboxylic acids is 1. The number of halogens is 1. The smallest absolute Gasteiger partial charge is 0.268 e. The first-order valence-corrected chi connectivity index (χ1v) is 12.1. The molecule has 3 rings (SSSR count). The molecule has 0 aliphatic heterocycles. The van der Waals surface area contributed by atoms with E-state index in [1.807, 2.05) is 0 Å². The molecule has 6 nitrogen and oxygen atoms in total. The summed E-state index contributed by atoms with van der Waals surface area (Å²) >= 11 is 0. The van der Waals surface area contributed by atoms with Crippen LogP contribution >= 0.6 is 0 Å². The van der Waals surface area contributed by atoms with Crippen LogP contribution in [0.1, 0.15) is 37.7 Å². The number of rotatable bonds is 9. The molecular formula is C24H29FN2O4S. The molecule has 32 heavy (non-hydrogen) atoms. The summed E-state index contributed by atoms with van der Waals surface area (Å²) in [6.07, 6.45) is 7.43. The third kappa shape index (κ3) is 5.88. The fraction of sp³-hybridized carbons (Fsp3) is 0.375. The van der Waals surface area contributed by atoms with Gasteiger partial charge in [-0.2, -0.15) is 0 Å². The fourth-order valence-corrected chi connectivity index (χ4v) is 5.37. The lowest BCUT2D eigenvalue weighted by Gasteiger charge is -2.25. The molecule has 8 heteroatoms. The second-order valence-electron chi connectivity index (χ2n) is 7.85. The molecule has 0 heterocycles. The number of ether oxygens (including phenoxy) is 1. The van der Waals surface area contributed by atoms with Crippen LogP contribution in [0.5, 0.6) is 5.75 Å². The number of aryl methyl sites for hydroxylation is 1. The summed E-state index contributed by atoms with van der Waals surface area (Å²) in [6.45, 7) is 1.78. The van der Waals surface area contributed by atoms with Gasteiger partial charge in [0, 0.05) is 6.54 Å². The molecule has 0 fully saturated rings. The van der Waals surface area contributed by atoms with Crippen LogP contribution in [0.3, 0.4) is 0 Å². The molecule has 2 aromatic rings. The summed E-state index contributed by atoms with van der Waals surface area (Å²) in [7, 11) is -2.77. The first kappa shape index (κ1) is 23.8. The van der Waals surface area contributed by atoms with Gasteiger partial charge in [-0.15, -0.1) is 0 Å². The minimum absolute atomic E-state index is 0.0514. The number of nitrogens with zero attached hydrogens (tertiary/aromatic N) is 1. The van der Waals surface area contributed by atoms with E-state index < -0.39 is 28.3 Å². The zero-order valence-corrected chi connectivity index (χ0v) is 19.3. The van der Waals surface area contributed by atoms with E-state index in [1.165, 1.54) is 49.4 Å². The van der Waals surface area contributed by atoms with Crippen LogP contribution in [-0.4, -0.2) is 34.5 Å². The van der Waals surface area contributed by atoms with E-state index in [4.69, 9.17) is 4.74 Å². The first-order valence-electron chi connectivity index (χ1n) is 10.7. The largest absolute Gasteiger partial charge is 0.495 e. The molecule has 172 valence electrons. The second kappa shape index (κ2) is 10.6. The highest BCUT2D eigenvalue weighted by atomic mass is 32.2. The minimum Gasteiger partial charge on any atom is -0.495 e. The van der Waals surface area contributed by atoms with Crippen molar-refractivity contribution in [2.24, 2.45) is 0 Å². The molecule has 0 aromatic heterocycles. The van der Waals surface area contributed by atoms with Crippen LogP contribution in [0.15, 0.2) is 59.0 Å². The summed E-state index contributed by atoms with van der Waals surface area (Å²) in [6, 6.07) is 9.83. The average Bonchev–Trinajstić information content (AvgIpc) is 2.79. The van der Waals surface area contributed by atoms with Crippen molar-refractivity contribution in [2.45, 2.75) is 43.9 Å². The van der Waals surface area contributed by atoms with E-state index in [0.29, 0.717) is 6.54 Å². The van der Waals surface area contributed by atoms with Gasteiger partial charge in [-0.3, -0.25) is 9.10 Å². The minimum atomic E-state index is -4.16. The Kier molecular flexibility index (Phi) is 7.90. The zero-order valence-electron chi connectivity index (χ0n) is 18.4. The Labute approximate surface area is 189 Å². The van der Waals surface area contributed by atoms with Gasteiger partial charge in [0.1, 0.15) is 23.0 Å². The van der Waals surface area contributed by atoms with Crippen molar-refractivity contribution in [3.8, 4) is 5.75 Å². The molecule has 1 aliphatic carbocycles. The van der Waals surface area contributed by atoms with Crippen molar-refractivity contribution < 1.29 is 22.3 Å². The Bertz CT molecular complexity index is 1080. The molecule has 0 atom stereocenters. The number of hydrogen-bond acceptors (Lipinski definition) is 4. The van der Waals surface area contributed by atoms with Gasteiger partial charge in [0.05, 0.1) is 12.8 Å². The highest BCUT2D eigenvalue weighted by molar-refractivity contribution is 7.93. The summed E-state index contributed by atoms with van der Waals surface area (Å²) in [5.41, 5.74) is 2.25. The molecule has 0 radical (unpaired) electrons. The Morgan fingerprint density at radius 1 is 1.16 bits per heavy atom. The summed E-state index contributed by atoms with van der Waals surface area (Å²) in [4.78, 5) is 12.6. The monoisotopic (exact) mass is 460 g/mol. The van der Waals surface area contributed by atoms with Crippen LogP contribution < -0.4 is 14.4 Å². The van der Waals surface area contributed by atoms with Crippen molar-refractivity contribution >= 4 is 21.6 Å². The third-order valence-electron chi connectivity index (χ3n) is 5.44. The van der Waals surface area contributed by atoms with Gasteiger partial charge in [0.25, 0.3) is 10.0 Å². The second-order valence-corrected chi connectivity index (χ2v) is 9.68. The number of hydrogen-bond donors (Lipinski definition) is 1. The number of amides is 1. The molecule has 0 saturated heterocycles. The standard InChI is InChI=1S/C24H29FN2O4S/c1-18-8-13-22(31-2)23(16-18)32(29,30)27(21-11-9-20(25)10-12-21)17-24(28)26-15-14-19-6-4-3-5-7-19/h6,8-13,16H,3-5,7,14-15,17H2,1-2H3,(H,26,28). The lowest BCUT2D eigenvalue weighted by Crippen LogP contribution is -2.41. The summed E-state index contributed by atoms with van der Waals surface area (Å²) in [5, 5.41) is 2.81. The Balaban J connectivity index is 1.84. The topological polar surface area (TPSA) is 75.7 Å². The van der Waals surface area contributed by atoms with Gasteiger partial charge >= 0.3 is 0 Å². The number of benzene rings is 2. The SMILES string of the molecule is COc1ccc(C)cc1S(=O)(=O)N(CC(=O)NCCC1=CCCCC1)c1ccc(F)cc1. The molecule has 2 aromatic carbocycles. The summed E-state index contributed by atoms with van der Waals surface area (Å²) in [5.74, 6) is -0.752. The van der Waals surface area contributed by atoms with Gasteiger partial charge in [-0.05, 0) is 81.0 Å². The van der Waals surface area contributed by atoms with Crippen molar-refractivity contribution in [3.05, 3.63) is 65.5 Å². The Morgan fingerprint density at radius 2 is 1.91 bits per heavy atom. The predicted molar refractivity (Wildman–Crippen MR) is 123 cm³/mol. The molecule has 0 spiro atoms. The van der Waals surface area contributed by atoms with E-state index in [-0.39, 0.29) is 16.3 Å². The average molecular weight is 461 g/mol. The van der Waals surface area contributed by atoms with Gasteiger partial charge in [-0.1, -0.05) is 17.7 Å². The lowest BCUT2D eigenvalue weighted by molar-refractivity contribution is -0.119. The normalized spacial score (nSPS) is 13.9. The number of nitrogens with one attached hydrogen (secondary N) is 1. The van der Waals surface area contributed by atoms with Crippen molar-refractivity contribution in [1.29, 1.82) is 0 Å². The van der Waals surface area contributed by atoms with Gasteiger partial charge in [-0.25, -0.2) is 12.8 Å². The molecule has 0 saturated carbocycles. The van der Waals surface area contributed by atoms with Crippen LogP contribution in [0.25, 0.3) is 0 Å². The number of allylic oxidation sites excluding steroid dienone is 1. The highest BCUT2D eigenvalue weighted by Crippen LogP contribution is 2.31. The van der Waals surface area contributed by atoms with E-state index in [1.54, 1.807) is 19.1 Å². The molecule has 0 bridgehead atoms. The summed E-state index contributed by atoms with van der Waals surface area (Å²) < 4.78 is 46.9. The zero-order chi connectivity index (χ0) is 23.1. The van der Waals surface area contributed by atoms with Gasteiger partial charge < -0.3 is 10.1 Å². The Hall–Kier alpha value is -2.87. The predicted octanol–water partition coefficient (Wildman–Crippen LogP) is 4.34. The molecule has 1 N–H and O–H groups in total. The Morgan fingerprint density at radius 3 is 2.56 bits per heavy atom. The van der Waals surface area contributed by atoms with Crippen LogP contribution in [0.4, 0.5) is 10.1 Å². The quantitative estimate of drug-likeness (QED) is 0.565. The van der Waals surface area contributed by atoms with E-state index in [2.05, 4.69) is 11.4 Å². The van der Waals surface area contributed by atoms with Crippen molar-refractivity contribution in [1.82, 2.24) is 5.32 Å².